The highest BCUT2D eigenvalue weighted by molar-refractivity contribution is 7.13. The first-order valence-electron chi connectivity index (χ1n) is 8.84. The molecular weight excluding hydrogens is 360 g/mol. The molecule has 6 nitrogen and oxygen atoms in total. The number of aromatic nitrogens is 2. The van der Waals surface area contributed by atoms with Crippen LogP contribution in [-0.4, -0.2) is 47.0 Å². The molecule has 3 heterocycles. The van der Waals surface area contributed by atoms with Crippen molar-refractivity contribution in [2.24, 2.45) is 0 Å². The second-order valence-corrected chi connectivity index (χ2v) is 7.14. The lowest BCUT2D eigenvalue weighted by Crippen LogP contribution is -2.35. The third kappa shape index (κ3) is 3.84. The van der Waals surface area contributed by atoms with Crippen molar-refractivity contribution in [3.63, 3.8) is 0 Å². The second kappa shape index (κ2) is 7.85. The molecule has 1 saturated heterocycles. The van der Waals surface area contributed by atoms with E-state index < -0.39 is 0 Å². The molecule has 1 aromatic carbocycles. The molecule has 4 rings (SSSR count). The van der Waals surface area contributed by atoms with Gasteiger partial charge in [0, 0.05) is 41.5 Å². The average Bonchev–Trinajstić information content (AvgIpc) is 3.12. The fourth-order valence-electron chi connectivity index (χ4n) is 3.08. The lowest BCUT2D eigenvalue weighted by atomic mass is 10.1. The number of amides is 1. The van der Waals surface area contributed by atoms with Crippen LogP contribution in [0.4, 0.5) is 5.82 Å². The van der Waals surface area contributed by atoms with Gasteiger partial charge in [0.05, 0.1) is 13.2 Å². The number of anilines is 1. The summed E-state index contributed by atoms with van der Waals surface area (Å²) in [7, 11) is 0. The van der Waals surface area contributed by atoms with Crippen molar-refractivity contribution in [3.8, 4) is 10.6 Å². The Labute approximate surface area is 162 Å². The number of rotatable bonds is 3. The van der Waals surface area contributed by atoms with Crippen molar-refractivity contribution in [1.29, 1.82) is 0 Å². The van der Waals surface area contributed by atoms with Crippen LogP contribution in [0, 0.1) is 6.92 Å². The Morgan fingerprint density at radius 2 is 2.00 bits per heavy atom. The van der Waals surface area contributed by atoms with Gasteiger partial charge in [-0.3, -0.25) is 9.63 Å². The molecule has 0 spiro atoms. The predicted octanol–water partition coefficient (Wildman–Crippen LogP) is 3.41. The summed E-state index contributed by atoms with van der Waals surface area (Å²) in [4.78, 5) is 29.7. The van der Waals surface area contributed by atoms with Crippen LogP contribution in [0.2, 0.25) is 0 Å². The van der Waals surface area contributed by atoms with Crippen LogP contribution in [0.25, 0.3) is 10.6 Å². The molecule has 1 amide bonds. The molecule has 0 unspecified atom stereocenters. The van der Waals surface area contributed by atoms with Gasteiger partial charge < -0.3 is 4.90 Å². The quantitative estimate of drug-likeness (QED) is 0.697. The second-order valence-electron chi connectivity index (χ2n) is 6.25. The Bertz CT molecular complexity index is 929. The van der Waals surface area contributed by atoms with E-state index in [9.17, 15) is 4.79 Å². The highest BCUT2D eigenvalue weighted by Crippen LogP contribution is 2.27. The number of hydrogen-bond acceptors (Lipinski definition) is 6. The highest BCUT2D eigenvalue weighted by atomic mass is 32.1. The van der Waals surface area contributed by atoms with Crippen LogP contribution in [0.5, 0.6) is 0 Å². The highest BCUT2D eigenvalue weighted by Gasteiger charge is 2.24. The molecule has 0 aliphatic carbocycles. The van der Waals surface area contributed by atoms with Crippen molar-refractivity contribution < 1.29 is 9.63 Å². The molecule has 1 aliphatic heterocycles. The van der Waals surface area contributed by atoms with Crippen LogP contribution in [-0.2, 0) is 4.84 Å². The number of pyridine rings is 1. The molecule has 1 fully saturated rings. The minimum atomic E-state index is 0.00320. The number of carbonyl (C=O) groups excluding carboxylic acids is 1. The Kier molecular flexibility index (Phi) is 5.13. The van der Waals surface area contributed by atoms with Gasteiger partial charge in [-0.25, -0.2) is 15.0 Å². The fourth-order valence-corrected chi connectivity index (χ4v) is 3.76. The number of benzene rings is 1. The monoisotopic (exact) mass is 380 g/mol. The van der Waals surface area contributed by atoms with Gasteiger partial charge >= 0.3 is 0 Å². The Balaban J connectivity index is 1.53. The smallest absolute Gasteiger partial charge is 0.254 e. The van der Waals surface area contributed by atoms with Crippen molar-refractivity contribution in [1.82, 2.24) is 14.9 Å². The van der Waals surface area contributed by atoms with Gasteiger partial charge in [-0.2, -0.15) is 0 Å². The Hall–Kier alpha value is -2.77. The summed E-state index contributed by atoms with van der Waals surface area (Å²) in [6.07, 6.45) is 1.76. The van der Waals surface area contributed by atoms with E-state index in [1.807, 2.05) is 59.7 Å². The minimum Gasteiger partial charge on any atom is -0.334 e. The van der Waals surface area contributed by atoms with Crippen molar-refractivity contribution >= 4 is 23.1 Å². The summed E-state index contributed by atoms with van der Waals surface area (Å²) in [6, 6.07) is 13.5. The van der Waals surface area contributed by atoms with Gasteiger partial charge in [0.2, 0.25) is 0 Å². The molecule has 0 bridgehead atoms. The van der Waals surface area contributed by atoms with Crippen LogP contribution >= 0.6 is 11.3 Å². The SMILES string of the molecule is Cc1cccc(N2CCN(C(=O)c3ccccc3-c3nccs3)CCO2)n1. The van der Waals surface area contributed by atoms with Crippen molar-refractivity contribution in [2.45, 2.75) is 6.92 Å². The third-order valence-electron chi connectivity index (χ3n) is 4.42. The van der Waals surface area contributed by atoms with Crippen molar-refractivity contribution in [3.05, 3.63) is 65.3 Å². The van der Waals surface area contributed by atoms with Gasteiger partial charge in [-0.1, -0.05) is 24.3 Å². The van der Waals surface area contributed by atoms with Crippen LogP contribution in [0.3, 0.4) is 0 Å². The molecule has 0 atom stereocenters. The number of hydrogen-bond donors (Lipinski definition) is 0. The van der Waals surface area contributed by atoms with Gasteiger partial charge in [-0.15, -0.1) is 11.3 Å². The topological polar surface area (TPSA) is 58.6 Å². The van der Waals surface area contributed by atoms with Gasteiger partial charge in [-0.05, 0) is 25.1 Å². The molecule has 7 heteroatoms. The predicted molar refractivity (Wildman–Crippen MR) is 106 cm³/mol. The zero-order chi connectivity index (χ0) is 18.6. The third-order valence-corrected chi connectivity index (χ3v) is 5.22. The normalized spacial score (nSPS) is 14.9. The molecule has 27 heavy (non-hydrogen) atoms. The van der Waals surface area contributed by atoms with E-state index in [1.54, 1.807) is 11.3 Å². The maximum absolute atomic E-state index is 13.2. The largest absolute Gasteiger partial charge is 0.334 e. The summed E-state index contributed by atoms with van der Waals surface area (Å²) >= 11 is 1.53. The van der Waals surface area contributed by atoms with E-state index in [0.29, 0.717) is 31.8 Å². The average molecular weight is 380 g/mol. The van der Waals surface area contributed by atoms with E-state index in [2.05, 4.69) is 9.97 Å². The minimum absolute atomic E-state index is 0.00320. The van der Waals surface area contributed by atoms with E-state index in [-0.39, 0.29) is 5.91 Å². The van der Waals surface area contributed by atoms with Crippen LogP contribution in [0.15, 0.2) is 54.0 Å². The fraction of sp³-hybridized carbons (Fsp3) is 0.250. The summed E-state index contributed by atoms with van der Waals surface area (Å²) in [5, 5.41) is 4.55. The molecule has 2 aromatic heterocycles. The molecule has 0 N–H and O–H groups in total. The summed E-state index contributed by atoms with van der Waals surface area (Å²) in [5.74, 6) is 0.774. The standard InChI is InChI=1S/C20H20N4O2S/c1-15-5-4-8-18(22-15)24-11-10-23(12-13-26-24)20(25)17-7-3-2-6-16(17)19-21-9-14-27-19/h2-9,14H,10-13H2,1H3. The van der Waals surface area contributed by atoms with Crippen LogP contribution < -0.4 is 5.06 Å². The zero-order valence-electron chi connectivity index (χ0n) is 15.0. The molecular formula is C20H20N4O2S. The Morgan fingerprint density at radius 3 is 2.81 bits per heavy atom. The summed E-state index contributed by atoms with van der Waals surface area (Å²) < 4.78 is 0. The molecule has 0 saturated carbocycles. The van der Waals surface area contributed by atoms with Crippen LogP contribution in [0.1, 0.15) is 16.1 Å². The number of nitrogens with zero attached hydrogens (tertiary/aromatic N) is 4. The first-order chi connectivity index (χ1) is 13.2. The zero-order valence-corrected chi connectivity index (χ0v) is 15.9. The summed E-state index contributed by atoms with van der Waals surface area (Å²) in [5.41, 5.74) is 2.49. The maximum atomic E-state index is 13.2. The Morgan fingerprint density at radius 1 is 1.11 bits per heavy atom. The molecule has 1 aliphatic rings. The van der Waals surface area contributed by atoms with Gasteiger partial charge in [0.1, 0.15) is 5.01 Å². The van der Waals surface area contributed by atoms with E-state index >= 15 is 0 Å². The lowest BCUT2D eigenvalue weighted by molar-refractivity contribution is 0.0731. The number of thiazole rings is 1. The first-order valence-corrected chi connectivity index (χ1v) is 9.72. The first kappa shape index (κ1) is 17.6. The molecule has 3 aromatic rings. The van der Waals surface area contributed by atoms with Gasteiger partial charge in [0.25, 0.3) is 5.91 Å². The van der Waals surface area contributed by atoms with Gasteiger partial charge in [0.15, 0.2) is 5.82 Å². The van der Waals surface area contributed by atoms with E-state index in [1.165, 1.54) is 11.3 Å². The molecule has 0 radical (unpaired) electrons. The number of aryl methyl sites for hydroxylation is 1. The molecule has 138 valence electrons. The van der Waals surface area contributed by atoms with E-state index in [4.69, 9.17) is 4.84 Å². The lowest BCUT2D eigenvalue weighted by Gasteiger charge is -2.22. The summed E-state index contributed by atoms with van der Waals surface area (Å²) in [6.45, 7) is 4.06. The maximum Gasteiger partial charge on any atom is 0.254 e. The van der Waals surface area contributed by atoms with Crippen molar-refractivity contribution in [2.75, 3.05) is 31.3 Å². The number of hydroxylamine groups is 1. The number of carbonyl (C=O) groups is 1. The van der Waals surface area contributed by atoms with E-state index in [0.717, 1.165) is 22.1 Å².